The zero-order valence-electron chi connectivity index (χ0n) is 14.1. The molecule has 0 fully saturated rings. The van der Waals surface area contributed by atoms with E-state index < -0.39 is 36.6 Å². The van der Waals surface area contributed by atoms with Crippen molar-refractivity contribution in [3.63, 3.8) is 0 Å². The molecule has 9 heteroatoms. The number of amides is 1. The smallest absolute Gasteiger partial charge is 0.392 e. The minimum atomic E-state index is -4.39. The van der Waals surface area contributed by atoms with Crippen LogP contribution in [-0.2, 0) is 23.9 Å². The third-order valence-electron chi connectivity index (χ3n) is 3.33. The summed E-state index contributed by atoms with van der Waals surface area (Å²) in [4.78, 5) is 34.2. The van der Waals surface area contributed by atoms with Crippen molar-refractivity contribution in [3.8, 4) is 0 Å². The summed E-state index contributed by atoms with van der Waals surface area (Å²) in [5.74, 6) is -1.74. The maximum Gasteiger partial charge on any atom is 0.392 e. The van der Waals surface area contributed by atoms with E-state index in [1.54, 1.807) is 13.8 Å². The number of carbonyl (C=O) groups excluding carboxylic acids is 3. The first-order valence-corrected chi connectivity index (χ1v) is 7.64. The van der Waals surface area contributed by atoms with Crippen molar-refractivity contribution in [2.45, 2.75) is 52.6 Å². The summed E-state index contributed by atoms with van der Waals surface area (Å²) in [6.45, 7) is 4.79. The molecule has 140 valence electrons. The molecule has 1 N–H and O–H groups in total. The van der Waals surface area contributed by atoms with Gasteiger partial charge in [-0.3, -0.25) is 14.4 Å². The molecule has 1 amide bonds. The predicted molar refractivity (Wildman–Crippen MR) is 78.9 cm³/mol. The lowest BCUT2D eigenvalue weighted by atomic mass is 9.89. The predicted octanol–water partition coefficient (Wildman–Crippen LogP) is 2.36. The average Bonchev–Trinajstić information content (AvgIpc) is 2.47. The number of nitrogens with one attached hydrogen (secondary N) is 1. The molecule has 0 unspecified atom stereocenters. The van der Waals surface area contributed by atoms with Crippen molar-refractivity contribution in [2.75, 3.05) is 19.8 Å². The maximum absolute atomic E-state index is 11.9. The highest BCUT2D eigenvalue weighted by Gasteiger charge is 2.27. The first-order valence-electron chi connectivity index (χ1n) is 7.64. The molecule has 0 radical (unpaired) electrons. The molecule has 0 saturated carbocycles. The number of hydrogen-bond donors (Lipinski definition) is 1. The Bertz CT molecular complexity index is 435. The zero-order chi connectivity index (χ0) is 18.8. The van der Waals surface area contributed by atoms with Gasteiger partial charge >= 0.3 is 18.1 Å². The summed E-state index contributed by atoms with van der Waals surface area (Å²) in [6.07, 6.45) is -5.60. The first kappa shape index (κ1) is 22.2. The van der Waals surface area contributed by atoms with E-state index in [-0.39, 0.29) is 31.9 Å². The first-order chi connectivity index (χ1) is 11.0. The highest BCUT2D eigenvalue weighted by molar-refractivity contribution is 5.81. The Morgan fingerprint density at radius 2 is 1.46 bits per heavy atom. The Morgan fingerprint density at radius 1 is 0.958 bits per heavy atom. The highest BCUT2D eigenvalue weighted by Crippen LogP contribution is 2.19. The Hall–Kier alpha value is -1.80. The van der Waals surface area contributed by atoms with Gasteiger partial charge in [0.05, 0.1) is 32.4 Å². The van der Waals surface area contributed by atoms with Crippen LogP contribution in [0, 0.1) is 5.41 Å². The van der Waals surface area contributed by atoms with Crippen LogP contribution in [0.25, 0.3) is 0 Å². The molecule has 0 aliphatic heterocycles. The SMILES string of the molecule is CCC(C)(C)C(=O)NCCOC(=O)CCC(=O)OCCC(F)(F)F. The van der Waals surface area contributed by atoms with Crippen LogP contribution < -0.4 is 5.32 Å². The van der Waals surface area contributed by atoms with Gasteiger partial charge in [-0.05, 0) is 6.42 Å². The second-order valence-electron chi connectivity index (χ2n) is 5.80. The molecular formula is C15H24F3NO5. The minimum absolute atomic E-state index is 0.0481. The summed E-state index contributed by atoms with van der Waals surface area (Å²) in [7, 11) is 0. The quantitative estimate of drug-likeness (QED) is 0.481. The fraction of sp³-hybridized carbons (Fsp3) is 0.800. The van der Waals surface area contributed by atoms with Crippen LogP contribution in [0.5, 0.6) is 0 Å². The van der Waals surface area contributed by atoms with Gasteiger partial charge in [-0.2, -0.15) is 13.2 Å². The Morgan fingerprint density at radius 3 is 1.92 bits per heavy atom. The molecule has 0 aliphatic carbocycles. The number of esters is 2. The standard InChI is InChI=1S/C15H24F3NO5/c1-4-14(2,3)13(22)19-8-10-24-12(21)6-5-11(20)23-9-7-15(16,17)18/h4-10H2,1-3H3,(H,19,22). The van der Waals surface area contributed by atoms with Gasteiger partial charge < -0.3 is 14.8 Å². The van der Waals surface area contributed by atoms with Gasteiger partial charge in [0.15, 0.2) is 0 Å². The molecule has 0 aliphatic rings. The Kier molecular flexibility index (Phi) is 9.38. The lowest BCUT2D eigenvalue weighted by Gasteiger charge is -2.21. The van der Waals surface area contributed by atoms with Crippen molar-refractivity contribution in [2.24, 2.45) is 5.41 Å². The highest BCUT2D eigenvalue weighted by atomic mass is 19.4. The van der Waals surface area contributed by atoms with Crippen LogP contribution in [-0.4, -0.2) is 43.8 Å². The molecule has 0 saturated heterocycles. The van der Waals surface area contributed by atoms with Gasteiger partial charge in [-0.15, -0.1) is 0 Å². The monoisotopic (exact) mass is 355 g/mol. The number of hydrogen-bond acceptors (Lipinski definition) is 5. The van der Waals surface area contributed by atoms with Crippen molar-refractivity contribution >= 4 is 17.8 Å². The van der Waals surface area contributed by atoms with Crippen molar-refractivity contribution in [3.05, 3.63) is 0 Å². The van der Waals surface area contributed by atoms with Gasteiger partial charge in [0, 0.05) is 5.41 Å². The van der Waals surface area contributed by atoms with Crippen LogP contribution in [0.15, 0.2) is 0 Å². The van der Waals surface area contributed by atoms with Gasteiger partial charge in [0.2, 0.25) is 5.91 Å². The molecule has 0 spiro atoms. The summed E-state index contributed by atoms with van der Waals surface area (Å²) in [5, 5.41) is 2.62. The summed E-state index contributed by atoms with van der Waals surface area (Å²) in [6, 6.07) is 0. The van der Waals surface area contributed by atoms with E-state index in [0.717, 1.165) is 0 Å². The number of rotatable bonds is 10. The van der Waals surface area contributed by atoms with Crippen molar-refractivity contribution < 1.29 is 37.0 Å². The summed E-state index contributed by atoms with van der Waals surface area (Å²) >= 11 is 0. The molecule has 0 bridgehead atoms. The maximum atomic E-state index is 11.9. The third kappa shape index (κ3) is 10.8. The van der Waals surface area contributed by atoms with Crippen LogP contribution in [0.2, 0.25) is 0 Å². The number of alkyl halides is 3. The summed E-state index contributed by atoms with van der Waals surface area (Å²) < 4.78 is 44.7. The molecule has 0 aromatic heterocycles. The molecule has 24 heavy (non-hydrogen) atoms. The third-order valence-corrected chi connectivity index (χ3v) is 3.33. The van der Waals surface area contributed by atoms with Crippen LogP contribution in [0.3, 0.4) is 0 Å². The lowest BCUT2D eigenvalue weighted by Crippen LogP contribution is -2.38. The molecular weight excluding hydrogens is 331 g/mol. The van der Waals surface area contributed by atoms with Crippen LogP contribution in [0.4, 0.5) is 13.2 Å². The second-order valence-corrected chi connectivity index (χ2v) is 5.80. The topological polar surface area (TPSA) is 81.7 Å². The van der Waals surface area contributed by atoms with E-state index in [0.29, 0.717) is 6.42 Å². The fourth-order valence-electron chi connectivity index (χ4n) is 1.36. The minimum Gasteiger partial charge on any atom is -0.465 e. The molecule has 0 atom stereocenters. The van der Waals surface area contributed by atoms with Crippen molar-refractivity contribution in [1.29, 1.82) is 0 Å². The van der Waals surface area contributed by atoms with Crippen LogP contribution in [0.1, 0.15) is 46.5 Å². The largest absolute Gasteiger partial charge is 0.465 e. The summed E-state index contributed by atoms with van der Waals surface area (Å²) in [5.41, 5.74) is -0.510. The van der Waals surface area contributed by atoms with Crippen molar-refractivity contribution in [1.82, 2.24) is 5.32 Å². The lowest BCUT2D eigenvalue weighted by molar-refractivity contribution is -0.160. The van der Waals surface area contributed by atoms with E-state index in [1.165, 1.54) is 0 Å². The normalized spacial score (nSPS) is 11.8. The number of carbonyl (C=O) groups is 3. The molecule has 0 aromatic carbocycles. The van der Waals surface area contributed by atoms with E-state index in [1.807, 2.05) is 6.92 Å². The molecule has 0 heterocycles. The number of halogens is 3. The molecule has 0 rings (SSSR count). The van der Waals surface area contributed by atoms with E-state index in [9.17, 15) is 27.6 Å². The second kappa shape index (κ2) is 10.1. The van der Waals surface area contributed by atoms with Gasteiger partial charge in [-0.25, -0.2) is 0 Å². The van der Waals surface area contributed by atoms with E-state index in [2.05, 4.69) is 10.1 Å². The number of ether oxygens (including phenoxy) is 2. The van der Waals surface area contributed by atoms with Gasteiger partial charge in [0.25, 0.3) is 0 Å². The van der Waals surface area contributed by atoms with E-state index in [4.69, 9.17) is 4.74 Å². The zero-order valence-corrected chi connectivity index (χ0v) is 14.1. The Balaban J connectivity index is 3.77. The molecule has 0 aromatic rings. The van der Waals surface area contributed by atoms with Crippen LogP contribution >= 0.6 is 0 Å². The average molecular weight is 355 g/mol. The molecule has 6 nitrogen and oxygen atoms in total. The fourth-order valence-corrected chi connectivity index (χ4v) is 1.36. The van der Waals surface area contributed by atoms with Gasteiger partial charge in [-0.1, -0.05) is 20.8 Å². The Labute approximate surface area is 139 Å². The van der Waals surface area contributed by atoms with E-state index >= 15 is 0 Å². The van der Waals surface area contributed by atoms with Gasteiger partial charge in [0.1, 0.15) is 6.61 Å².